The second-order valence-electron chi connectivity index (χ2n) is 3.84. The Kier molecular flexibility index (Phi) is 7.90. The normalized spacial score (nSPS) is 17.8. The molecule has 0 heterocycles. The van der Waals surface area contributed by atoms with Crippen molar-refractivity contribution < 1.29 is 14.6 Å². The summed E-state index contributed by atoms with van der Waals surface area (Å²) >= 11 is 0. The topological polar surface area (TPSA) is 68.0 Å². The summed E-state index contributed by atoms with van der Waals surface area (Å²) in [6.07, 6.45) is 0. The third-order valence-electron chi connectivity index (χ3n) is 2.67. The van der Waals surface area contributed by atoms with Crippen LogP contribution in [0.2, 0.25) is 0 Å². The summed E-state index contributed by atoms with van der Waals surface area (Å²) in [5.41, 5.74) is 5.91. The Labute approximate surface area is 92.1 Å². The number of nitrogens with two attached hydrogens (primary N) is 1. The van der Waals surface area contributed by atoms with Gasteiger partial charge in [0, 0.05) is 26.3 Å². The van der Waals surface area contributed by atoms with Crippen LogP contribution in [0.25, 0.3) is 0 Å². The highest BCUT2D eigenvalue weighted by atomic mass is 16.5. The number of rotatable bonds is 8. The van der Waals surface area contributed by atoms with Crippen molar-refractivity contribution in [3.8, 4) is 0 Å². The monoisotopic (exact) mass is 220 g/mol. The molecule has 0 aliphatic carbocycles. The first-order chi connectivity index (χ1) is 7.08. The first-order valence-electron chi connectivity index (χ1n) is 5.14. The van der Waals surface area contributed by atoms with E-state index >= 15 is 0 Å². The van der Waals surface area contributed by atoms with E-state index in [9.17, 15) is 5.11 Å². The third kappa shape index (κ3) is 4.90. The Morgan fingerprint density at radius 2 is 1.80 bits per heavy atom. The van der Waals surface area contributed by atoms with Gasteiger partial charge < -0.3 is 20.3 Å². The molecule has 15 heavy (non-hydrogen) atoms. The van der Waals surface area contributed by atoms with Gasteiger partial charge in [0.2, 0.25) is 0 Å². The number of ether oxygens (including phenoxy) is 2. The maximum absolute atomic E-state index is 9.29. The first-order valence-corrected chi connectivity index (χ1v) is 5.14. The van der Waals surface area contributed by atoms with Crippen LogP contribution in [-0.2, 0) is 9.47 Å². The summed E-state index contributed by atoms with van der Waals surface area (Å²) in [5, 5.41) is 9.29. The van der Waals surface area contributed by atoms with Crippen molar-refractivity contribution in [1.82, 2.24) is 4.90 Å². The van der Waals surface area contributed by atoms with E-state index in [2.05, 4.69) is 0 Å². The van der Waals surface area contributed by atoms with Crippen LogP contribution in [0, 0.1) is 0 Å². The predicted molar refractivity (Wildman–Crippen MR) is 59.8 cm³/mol. The van der Waals surface area contributed by atoms with E-state index in [0.717, 1.165) is 0 Å². The van der Waals surface area contributed by atoms with Gasteiger partial charge in [-0.1, -0.05) is 0 Å². The summed E-state index contributed by atoms with van der Waals surface area (Å²) < 4.78 is 10.0. The molecule has 0 aromatic carbocycles. The SMILES string of the molecule is COCC(N)C(CO)N(C)C(C)COC. The molecule has 3 N–H and O–H groups in total. The Bertz CT molecular complexity index is 158. The molecule has 0 amide bonds. The molecule has 0 saturated heterocycles. The highest BCUT2D eigenvalue weighted by molar-refractivity contribution is 4.82. The second-order valence-corrected chi connectivity index (χ2v) is 3.84. The molecule has 5 nitrogen and oxygen atoms in total. The molecule has 0 spiro atoms. The van der Waals surface area contributed by atoms with E-state index in [0.29, 0.717) is 13.2 Å². The maximum Gasteiger partial charge on any atom is 0.0629 e. The summed E-state index contributed by atoms with van der Waals surface area (Å²) in [4.78, 5) is 2.02. The van der Waals surface area contributed by atoms with Crippen LogP contribution in [0.15, 0.2) is 0 Å². The summed E-state index contributed by atoms with van der Waals surface area (Å²) in [6.45, 7) is 3.11. The molecule has 3 unspecified atom stereocenters. The van der Waals surface area contributed by atoms with Crippen LogP contribution < -0.4 is 5.73 Å². The number of hydrogen-bond acceptors (Lipinski definition) is 5. The highest BCUT2D eigenvalue weighted by Crippen LogP contribution is 2.06. The molecule has 0 fully saturated rings. The second kappa shape index (κ2) is 8.01. The van der Waals surface area contributed by atoms with Gasteiger partial charge in [-0.15, -0.1) is 0 Å². The fourth-order valence-electron chi connectivity index (χ4n) is 1.56. The van der Waals surface area contributed by atoms with Crippen molar-refractivity contribution in [2.75, 3.05) is 41.1 Å². The van der Waals surface area contributed by atoms with E-state index in [1.807, 2.05) is 18.9 Å². The van der Waals surface area contributed by atoms with Gasteiger partial charge >= 0.3 is 0 Å². The van der Waals surface area contributed by atoms with Crippen LogP contribution in [-0.4, -0.2) is 69.2 Å². The number of aliphatic hydroxyl groups is 1. The molecule has 92 valence electrons. The summed E-state index contributed by atoms with van der Waals surface area (Å²) in [5.74, 6) is 0. The van der Waals surface area contributed by atoms with Crippen molar-refractivity contribution in [3.05, 3.63) is 0 Å². The zero-order valence-electron chi connectivity index (χ0n) is 10.1. The number of nitrogens with zero attached hydrogens (tertiary/aromatic N) is 1. The molecule has 0 saturated carbocycles. The van der Waals surface area contributed by atoms with Crippen LogP contribution in [0.1, 0.15) is 6.92 Å². The van der Waals surface area contributed by atoms with Crippen LogP contribution in [0.3, 0.4) is 0 Å². The standard InChI is InChI=1S/C10H24N2O3/c1-8(6-14-3)12(2)10(5-13)9(11)7-15-4/h8-10,13H,5-7,11H2,1-4H3. The smallest absolute Gasteiger partial charge is 0.0629 e. The van der Waals surface area contributed by atoms with Gasteiger partial charge in [-0.05, 0) is 14.0 Å². The summed E-state index contributed by atoms with van der Waals surface area (Å²) in [6, 6.07) is -0.0746. The number of likely N-dealkylation sites (N-methyl/N-ethyl adjacent to an activating group) is 1. The first kappa shape index (κ1) is 14.8. The van der Waals surface area contributed by atoms with Gasteiger partial charge in [0.15, 0.2) is 0 Å². The molecule has 3 atom stereocenters. The van der Waals surface area contributed by atoms with Gasteiger partial charge in [0.25, 0.3) is 0 Å². The van der Waals surface area contributed by atoms with E-state index in [4.69, 9.17) is 15.2 Å². The molecule has 0 aromatic heterocycles. The number of hydrogen-bond donors (Lipinski definition) is 2. The minimum absolute atomic E-state index is 0.0229. The Morgan fingerprint density at radius 1 is 1.27 bits per heavy atom. The van der Waals surface area contributed by atoms with Gasteiger partial charge in [-0.25, -0.2) is 0 Å². The van der Waals surface area contributed by atoms with Gasteiger partial charge in [-0.3, -0.25) is 4.90 Å². The fraction of sp³-hybridized carbons (Fsp3) is 1.00. The quantitative estimate of drug-likeness (QED) is 0.565. The molecule has 0 radical (unpaired) electrons. The van der Waals surface area contributed by atoms with Gasteiger partial charge in [0.05, 0.1) is 25.9 Å². The average Bonchev–Trinajstić information content (AvgIpc) is 2.19. The highest BCUT2D eigenvalue weighted by Gasteiger charge is 2.24. The minimum Gasteiger partial charge on any atom is -0.395 e. The molecule has 0 aliphatic rings. The molecule has 0 bridgehead atoms. The lowest BCUT2D eigenvalue weighted by Gasteiger charge is -2.35. The van der Waals surface area contributed by atoms with E-state index in [-0.39, 0.29) is 24.7 Å². The maximum atomic E-state index is 9.29. The largest absolute Gasteiger partial charge is 0.395 e. The summed E-state index contributed by atoms with van der Waals surface area (Å²) in [7, 11) is 5.19. The van der Waals surface area contributed by atoms with Crippen LogP contribution in [0.5, 0.6) is 0 Å². The molecule has 0 rings (SSSR count). The Hall–Kier alpha value is -0.200. The lowest BCUT2D eigenvalue weighted by atomic mass is 10.1. The Morgan fingerprint density at radius 3 is 2.20 bits per heavy atom. The lowest BCUT2D eigenvalue weighted by Crippen LogP contribution is -2.54. The molecule has 0 aromatic rings. The molecule has 0 aliphatic heterocycles. The van der Waals surface area contributed by atoms with E-state index < -0.39 is 0 Å². The Balaban J connectivity index is 4.24. The molecular formula is C10H24N2O3. The van der Waals surface area contributed by atoms with Crippen molar-refractivity contribution in [2.45, 2.75) is 25.0 Å². The van der Waals surface area contributed by atoms with Crippen molar-refractivity contribution >= 4 is 0 Å². The van der Waals surface area contributed by atoms with Crippen molar-refractivity contribution in [2.24, 2.45) is 5.73 Å². The van der Waals surface area contributed by atoms with E-state index in [1.54, 1.807) is 14.2 Å². The average molecular weight is 220 g/mol. The predicted octanol–water partition coefficient (Wildman–Crippen LogP) is -0.712. The fourth-order valence-corrected chi connectivity index (χ4v) is 1.56. The van der Waals surface area contributed by atoms with E-state index in [1.165, 1.54) is 0 Å². The van der Waals surface area contributed by atoms with Gasteiger partial charge in [0.1, 0.15) is 0 Å². The third-order valence-corrected chi connectivity index (χ3v) is 2.67. The zero-order chi connectivity index (χ0) is 11.8. The van der Waals surface area contributed by atoms with Crippen LogP contribution >= 0.6 is 0 Å². The lowest BCUT2D eigenvalue weighted by molar-refractivity contribution is 0.0372. The minimum atomic E-state index is -0.190. The molecule has 5 heteroatoms. The van der Waals surface area contributed by atoms with Crippen molar-refractivity contribution in [1.29, 1.82) is 0 Å². The zero-order valence-corrected chi connectivity index (χ0v) is 10.1. The van der Waals surface area contributed by atoms with Crippen molar-refractivity contribution in [3.63, 3.8) is 0 Å². The number of methoxy groups -OCH3 is 2. The number of aliphatic hydroxyl groups excluding tert-OH is 1. The molecular weight excluding hydrogens is 196 g/mol. The van der Waals surface area contributed by atoms with Crippen LogP contribution in [0.4, 0.5) is 0 Å². The van der Waals surface area contributed by atoms with Gasteiger partial charge in [-0.2, -0.15) is 0 Å².